The van der Waals surface area contributed by atoms with Crippen LogP contribution in [0, 0.1) is 0 Å². The number of benzene rings is 1. The van der Waals surface area contributed by atoms with Crippen LogP contribution in [0.3, 0.4) is 0 Å². The quantitative estimate of drug-likeness (QED) is 0.575. The fourth-order valence-corrected chi connectivity index (χ4v) is 3.68. The molecule has 1 atom stereocenters. The number of nitrogens with one attached hydrogen (secondary N) is 1. The van der Waals surface area contributed by atoms with Gasteiger partial charge >= 0.3 is 0 Å². The molecular weight excluding hydrogens is 368 g/mol. The van der Waals surface area contributed by atoms with Crippen molar-refractivity contribution in [2.75, 3.05) is 24.5 Å². The number of furan rings is 1. The highest BCUT2D eigenvalue weighted by atomic mass is 16.3. The standard InChI is InChI=1S/C21H20N6O2/c1-26-20(28)11-16(15-6-7-22-13-24-15)25-21(26)27-9-8-23-17(12-27)19-10-14-4-2-3-5-18(14)29-19/h2-7,10-11,13,17,23H,8-9,12H2,1H3. The first-order chi connectivity index (χ1) is 14.2. The van der Waals surface area contributed by atoms with E-state index in [1.807, 2.05) is 24.3 Å². The molecule has 1 N–H and O–H groups in total. The smallest absolute Gasteiger partial charge is 0.255 e. The zero-order valence-corrected chi connectivity index (χ0v) is 15.9. The van der Waals surface area contributed by atoms with E-state index in [-0.39, 0.29) is 11.6 Å². The summed E-state index contributed by atoms with van der Waals surface area (Å²) in [4.78, 5) is 27.6. The molecule has 146 valence electrons. The monoisotopic (exact) mass is 388 g/mol. The average molecular weight is 388 g/mol. The van der Waals surface area contributed by atoms with Crippen LogP contribution in [0.15, 0.2) is 64.2 Å². The highest BCUT2D eigenvalue weighted by molar-refractivity contribution is 5.77. The summed E-state index contributed by atoms with van der Waals surface area (Å²) in [6.45, 7) is 2.15. The predicted octanol–water partition coefficient (Wildman–Crippen LogP) is 2.13. The van der Waals surface area contributed by atoms with Crippen molar-refractivity contribution in [3.8, 4) is 11.4 Å². The van der Waals surface area contributed by atoms with E-state index in [4.69, 9.17) is 9.40 Å². The number of para-hydroxylation sites is 1. The van der Waals surface area contributed by atoms with Gasteiger partial charge in [0.1, 0.15) is 17.7 Å². The van der Waals surface area contributed by atoms with Gasteiger partial charge in [-0.05, 0) is 18.2 Å². The maximum atomic E-state index is 12.6. The highest BCUT2D eigenvalue weighted by Crippen LogP contribution is 2.27. The molecule has 1 saturated heterocycles. The number of aromatic nitrogens is 4. The van der Waals surface area contributed by atoms with Crippen LogP contribution < -0.4 is 15.8 Å². The summed E-state index contributed by atoms with van der Waals surface area (Å²) in [5, 5.41) is 4.59. The number of fused-ring (bicyclic) bond motifs is 1. The number of piperazine rings is 1. The maximum absolute atomic E-state index is 12.6. The van der Waals surface area contributed by atoms with E-state index in [9.17, 15) is 4.79 Å². The molecule has 1 fully saturated rings. The third kappa shape index (κ3) is 3.27. The van der Waals surface area contributed by atoms with Gasteiger partial charge in [-0.15, -0.1) is 0 Å². The van der Waals surface area contributed by atoms with Crippen molar-refractivity contribution >= 4 is 16.9 Å². The topological polar surface area (TPSA) is 89.1 Å². The van der Waals surface area contributed by atoms with Crippen LogP contribution in [-0.2, 0) is 7.05 Å². The van der Waals surface area contributed by atoms with E-state index in [2.05, 4.69) is 26.3 Å². The van der Waals surface area contributed by atoms with E-state index in [1.54, 1.807) is 23.9 Å². The number of rotatable bonds is 3. The van der Waals surface area contributed by atoms with Gasteiger partial charge in [-0.1, -0.05) is 18.2 Å². The molecule has 3 aromatic heterocycles. The molecular formula is C21H20N6O2. The molecule has 0 amide bonds. The third-order valence-electron chi connectivity index (χ3n) is 5.20. The molecule has 1 unspecified atom stereocenters. The van der Waals surface area contributed by atoms with Crippen LogP contribution in [0.25, 0.3) is 22.4 Å². The lowest BCUT2D eigenvalue weighted by atomic mass is 10.1. The highest BCUT2D eigenvalue weighted by Gasteiger charge is 2.26. The number of nitrogens with zero attached hydrogens (tertiary/aromatic N) is 5. The second kappa shape index (κ2) is 7.14. The number of anilines is 1. The van der Waals surface area contributed by atoms with Crippen LogP contribution in [-0.4, -0.2) is 39.2 Å². The molecule has 0 bridgehead atoms. The molecule has 1 aliphatic heterocycles. The lowest BCUT2D eigenvalue weighted by molar-refractivity contribution is 0.395. The van der Waals surface area contributed by atoms with Crippen molar-refractivity contribution in [2.45, 2.75) is 6.04 Å². The molecule has 4 heterocycles. The number of hydrogen-bond donors (Lipinski definition) is 1. The summed E-state index contributed by atoms with van der Waals surface area (Å²) < 4.78 is 7.62. The average Bonchev–Trinajstić information content (AvgIpc) is 3.21. The zero-order chi connectivity index (χ0) is 19.8. The van der Waals surface area contributed by atoms with Crippen molar-refractivity contribution in [3.63, 3.8) is 0 Å². The predicted molar refractivity (Wildman–Crippen MR) is 110 cm³/mol. The summed E-state index contributed by atoms with van der Waals surface area (Å²) in [5.74, 6) is 1.50. The molecule has 0 radical (unpaired) electrons. The fraction of sp³-hybridized carbons (Fsp3) is 0.238. The summed E-state index contributed by atoms with van der Waals surface area (Å²) in [6, 6.07) is 13.3. The molecule has 8 nitrogen and oxygen atoms in total. The van der Waals surface area contributed by atoms with E-state index in [0.29, 0.717) is 23.9 Å². The summed E-state index contributed by atoms with van der Waals surface area (Å²) in [5.41, 5.74) is 1.92. The van der Waals surface area contributed by atoms with E-state index < -0.39 is 0 Å². The first-order valence-corrected chi connectivity index (χ1v) is 9.50. The van der Waals surface area contributed by atoms with Gasteiger partial charge in [-0.3, -0.25) is 9.36 Å². The Morgan fingerprint density at radius 2 is 2.07 bits per heavy atom. The van der Waals surface area contributed by atoms with Crippen molar-refractivity contribution in [3.05, 3.63) is 71.1 Å². The Kier molecular flexibility index (Phi) is 4.33. The van der Waals surface area contributed by atoms with Gasteiger partial charge < -0.3 is 14.6 Å². The second-order valence-corrected chi connectivity index (χ2v) is 7.07. The van der Waals surface area contributed by atoms with Gasteiger partial charge in [-0.25, -0.2) is 15.0 Å². The molecule has 4 aromatic rings. The lowest BCUT2D eigenvalue weighted by Crippen LogP contribution is -2.47. The first-order valence-electron chi connectivity index (χ1n) is 9.50. The van der Waals surface area contributed by atoms with Crippen molar-refractivity contribution in [1.29, 1.82) is 0 Å². The Balaban J connectivity index is 1.49. The Morgan fingerprint density at radius 1 is 1.17 bits per heavy atom. The molecule has 8 heteroatoms. The largest absolute Gasteiger partial charge is 0.459 e. The zero-order valence-electron chi connectivity index (χ0n) is 15.9. The molecule has 1 aliphatic rings. The van der Waals surface area contributed by atoms with Crippen LogP contribution in [0.1, 0.15) is 11.8 Å². The molecule has 0 spiro atoms. The Bertz CT molecular complexity index is 1180. The summed E-state index contributed by atoms with van der Waals surface area (Å²) >= 11 is 0. The van der Waals surface area contributed by atoms with Crippen molar-refractivity contribution < 1.29 is 4.42 Å². The summed E-state index contributed by atoms with van der Waals surface area (Å²) in [7, 11) is 1.74. The van der Waals surface area contributed by atoms with Gasteiger partial charge in [0.05, 0.1) is 17.4 Å². The molecule has 5 rings (SSSR count). The molecule has 0 saturated carbocycles. The fourth-order valence-electron chi connectivity index (χ4n) is 3.68. The van der Waals surface area contributed by atoms with Crippen LogP contribution >= 0.6 is 0 Å². The van der Waals surface area contributed by atoms with E-state index in [0.717, 1.165) is 29.8 Å². The van der Waals surface area contributed by atoms with Crippen molar-refractivity contribution in [1.82, 2.24) is 24.8 Å². The Labute approximate surface area is 166 Å². The molecule has 1 aromatic carbocycles. The summed E-state index contributed by atoms with van der Waals surface area (Å²) in [6.07, 6.45) is 3.10. The minimum absolute atomic E-state index is 0.00996. The van der Waals surface area contributed by atoms with E-state index in [1.165, 1.54) is 12.4 Å². The van der Waals surface area contributed by atoms with Gasteiger partial charge in [-0.2, -0.15) is 0 Å². The molecule has 29 heavy (non-hydrogen) atoms. The Hall–Kier alpha value is -3.52. The van der Waals surface area contributed by atoms with Crippen LogP contribution in [0.2, 0.25) is 0 Å². The minimum Gasteiger partial charge on any atom is -0.459 e. The SMILES string of the molecule is Cn1c(N2CCNC(c3cc4ccccc4o3)C2)nc(-c2ccncn2)cc1=O. The maximum Gasteiger partial charge on any atom is 0.255 e. The third-order valence-corrected chi connectivity index (χ3v) is 5.20. The number of hydrogen-bond acceptors (Lipinski definition) is 7. The Morgan fingerprint density at radius 3 is 2.90 bits per heavy atom. The van der Waals surface area contributed by atoms with Gasteiger partial charge in [0.15, 0.2) is 0 Å². The van der Waals surface area contributed by atoms with Crippen LogP contribution in [0.5, 0.6) is 0 Å². The van der Waals surface area contributed by atoms with E-state index >= 15 is 0 Å². The second-order valence-electron chi connectivity index (χ2n) is 7.07. The lowest BCUT2D eigenvalue weighted by Gasteiger charge is -2.34. The van der Waals surface area contributed by atoms with Crippen molar-refractivity contribution in [2.24, 2.45) is 7.05 Å². The minimum atomic E-state index is -0.123. The van der Waals surface area contributed by atoms with Crippen LogP contribution in [0.4, 0.5) is 5.95 Å². The van der Waals surface area contributed by atoms with Gasteiger partial charge in [0, 0.05) is 44.3 Å². The normalized spacial score (nSPS) is 17.0. The van der Waals surface area contributed by atoms with Gasteiger partial charge in [0.25, 0.3) is 5.56 Å². The molecule has 0 aliphatic carbocycles. The van der Waals surface area contributed by atoms with Gasteiger partial charge in [0.2, 0.25) is 5.95 Å². The first kappa shape index (κ1) is 17.6.